The van der Waals surface area contributed by atoms with E-state index >= 15 is 0 Å². The molecule has 0 aliphatic heterocycles. The molecule has 1 aromatic carbocycles. The van der Waals surface area contributed by atoms with Crippen LogP contribution < -0.4 is 5.73 Å². The van der Waals surface area contributed by atoms with E-state index in [-0.39, 0.29) is 6.04 Å². The summed E-state index contributed by atoms with van der Waals surface area (Å²) in [5.74, 6) is 0. The lowest BCUT2D eigenvalue weighted by Gasteiger charge is -2.20. The summed E-state index contributed by atoms with van der Waals surface area (Å²) in [5, 5.41) is 0. The Balaban J connectivity index is 2.31. The third-order valence-corrected chi connectivity index (χ3v) is 3.39. The molecule has 0 radical (unpaired) electrons. The van der Waals surface area contributed by atoms with Gasteiger partial charge in [-0.1, -0.05) is 36.2 Å². The van der Waals surface area contributed by atoms with Gasteiger partial charge in [-0.3, -0.25) is 0 Å². The fraction of sp³-hybridized carbons (Fsp3) is 0.538. The van der Waals surface area contributed by atoms with Gasteiger partial charge in [-0.25, -0.2) is 0 Å². The van der Waals surface area contributed by atoms with E-state index in [9.17, 15) is 0 Å². The van der Waals surface area contributed by atoms with Crippen molar-refractivity contribution in [2.75, 3.05) is 0 Å². The number of rotatable bonds is 2. The molecule has 0 amide bonds. The average Bonchev–Trinajstić information content (AvgIpc) is 2.82. The number of hydrogen-bond donors (Lipinski definition) is 1. The van der Waals surface area contributed by atoms with Crippen LogP contribution in [-0.2, 0) is 0 Å². The van der Waals surface area contributed by atoms with E-state index in [1.54, 1.807) is 0 Å². The molecule has 1 aliphatic rings. The van der Waals surface area contributed by atoms with Gasteiger partial charge in [0, 0.05) is 6.04 Å². The van der Waals surface area contributed by atoms with Crippen LogP contribution in [0.2, 0.25) is 0 Å². The van der Waals surface area contributed by atoms with Crippen LogP contribution >= 0.6 is 0 Å². The van der Waals surface area contributed by atoms with E-state index in [1.165, 1.54) is 29.5 Å². The van der Waals surface area contributed by atoms with Crippen molar-refractivity contribution >= 4 is 0 Å². The molecule has 1 saturated carbocycles. The summed E-state index contributed by atoms with van der Waals surface area (Å²) in [6.45, 7) is 6.56. The topological polar surface area (TPSA) is 26.0 Å². The molecular weight excluding hydrogens is 170 g/mol. The van der Waals surface area contributed by atoms with Crippen molar-refractivity contribution in [3.8, 4) is 0 Å². The first-order chi connectivity index (χ1) is 6.51. The molecule has 1 atom stereocenters. The Morgan fingerprint density at radius 2 is 1.64 bits per heavy atom. The molecule has 76 valence electrons. The Morgan fingerprint density at radius 3 is 2.07 bits per heavy atom. The standard InChI is InChI=1S/C13H19N/c1-9-6-10(2)8-11(7-9)12(14)13(3)4-5-13/h6-8,12H,4-5,14H2,1-3H3. The minimum Gasteiger partial charge on any atom is -0.323 e. The highest BCUT2D eigenvalue weighted by Crippen LogP contribution is 2.53. The normalized spacial score (nSPS) is 20.6. The summed E-state index contributed by atoms with van der Waals surface area (Å²) >= 11 is 0. The van der Waals surface area contributed by atoms with Gasteiger partial charge in [0.1, 0.15) is 0 Å². The zero-order valence-corrected chi connectivity index (χ0v) is 9.30. The van der Waals surface area contributed by atoms with Crippen LogP contribution in [0.5, 0.6) is 0 Å². The monoisotopic (exact) mass is 189 g/mol. The first-order valence-corrected chi connectivity index (χ1v) is 5.35. The summed E-state index contributed by atoms with van der Waals surface area (Å²) in [6, 6.07) is 6.87. The molecule has 0 saturated heterocycles. The second-order valence-corrected chi connectivity index (χ2v) is 5.05. The predicted octanol–water partition coefficient (Wildman–Crippen LogP) is 3.10. The smallest absolute Gasteiger partial charge is 0.0349 e. The summed E-state index contributed by atoms with van der Waals surface area (Å²) in [5.41, 5.74) is 10.6. The molecule has 1 aliphatic carbocycles. The molecule has 1 aromatic rings. The quantitative estimate of drug-likeness (QED) is 0.760. The number of nitrogens with two attached hydrogens (primary N) is 1. The highest BCUT2D eigenvalue weighted by molar-refractivity contribution is 5.32. The fourth-order valence-corrected chi connectivity index (χ4v) is 2.10. The molecule has 1 fully saturated rings. The molecule has 2 N–H and O–H groups in total. The SMILES string of the molecule is Cc1cc(C)cc(C(N)C2(C)CC2)c1. The molecule has 0 bridgehead atoms. The minimum absolute atomic E-state index is 0.223. The molecule has 1 heteroatoms. The van der Waals surface area contributed by atoms with Crippen molar-refractivity contribution < 1.29 is 0 Å². The van der Waals surface area contributed by atoms with Gasteiger partial charge in [0.25, 0.3) is 0 Å². The van der Waals surface area contributed by atoms with Crippen LogP contribution in [0.3, 0.4) is 0 Å². The molecule has 1 nitrogen and oxygen atoms in total. The minimum atomic E-state index is 0.223. The molecule has 0 aromatic heterocycles. The van der Waals surface area contributed by atoms with Crippen LogP contribution in [0.4, 0.5) is 0 Å². The van der Waals surface area contributed by atoms with E-state index in [2.05, 4.69) is 39.0 Å². The molecule has 0 heterocycles. The third kappa shape index (κ3) is 1.69. The molecule has 14 heavy (non-hydrogen) atoms. The highest BCUT2D eigenvalue weighted by Gasteiger charge is 2.43. The van der Waals surface area contributed by atoms with Gasteiger partial charge in [0.05, 0.1) is 0 Å². The lowest BCUT2D eigenvalue weighted by molar-refractivity contribution is 0.450. The van der Waals surface area contributed by atoms with Crippen molar-refractivity contribution in [3.05, 3.63) is 34.9 Å². The zero-order valence-electron chi connectivity index (χ0n) is 9.30. The Bertz CT molecular complexity index is 330. The Morgan fingerprint density at radius 1 is 1.14 bits per heavy atom. The summed E-state index contributed by atoms with van der Waals surface area (Å²) in [6.07, 6.45) is 2.56. The first-order valence-electron chi connectivity index (χ1n) is 5.35. The lowest BCUT2D eigenvalue weighted by atomic mass is 9.91. The maximum Gasteiger partial charge on any atom is 0.0349 e. The summed E-state index contributed by atoms with van der Waals surface area (Å²) in [7, 11) is 0. The first kappa shape index (κ1) is 9.72. The van der Waals surface area contributed by atoms with E-state index in [0.29, 0.717) is 5.41 Å². The summed E-state index contributed by atoms with van der Waals surface area (Å²) < 4.78 is 0. The highest BCUT2D eigenvalue weighted by atomic mass is 14.7. The van der Waals surface area contributed by atoms with E-state index in [0.717, 1.165) is 0 Å². The van der Waals surface area contributed by atoms with Crippen LogP contribution in [0.25, 0.3) is 0 Å². The van der Waals surface area contributed by atoms with Crippen molar-refractivity contribution in [1.82, 2.24) is 0 Å². The van der Waals surface area contributed by atoms with Gasteiger partial charge < -0.3 is 5.73 Å². The molecule has 0 spiro atoms. The molecular formula is C13H19N. The van der Waals surface area contributed by atoms with Crippen molar-refractivity contribution in [3.63, 3.8) is 0 Å². The second-order valence-electron chi connectivity index (χ2n) is 5.05. The Kier molecular flexibility index (Phi) is 2.15. The van der Waals surface area contributed by atoms with Crippen molar-refractivity contribution in [2.24, 2.45) is 11.1 Å². The largest absolute Gasteiger partial charge is 0.323 e. The van der Waals surface area contributed by atoms with Crippen molar-refractivity contribution in [2.45, 2.75) is 39.7 Å². The van der Waals surface area contributed by atoms with Crippen LogP contribution in [0.15, 0.2) is 18.2 Å². The Labute approximate surface area is 86.3 Å². The van der Waals surface area contributed by atoms with Gasteiger partial charge in [0.15, 0.2) is 0 Å². The fourth-order valence-electron chi connectivity index (χ4n) is 2.10. The summed E-state index contributed by atoms with van der Waals surface area (Å²) in [4.78, 5) is 0. The second kappa shape index (κ2) is 3.09. The van der Waals surface area contributed by atoms with E-state index in [1.807, 2.05) is 0 Å². The van der Waals surface area contributed by atoms with Gasteiger partial charge in [0.2, 0.25) is 0 Å². The molecule has 1 unspecified atom stereocenters. The van der Waals surface area contributed by atoms with Crippen LogP contribution in [-0.4, -0.2) is 0 Å². The maximum atomic E-state index is 6.27. The van der Waals surface area contributed by atoms with Crippen molar-refractivity contribution in [1.29, 1.82) is 0 Å². The zero-order chi connectivity index (χ0) is 10.3. The number of aryl methyl sites for hydroxylation is 2. The lowest BCUT2D eigenvalue weighted by Crippen LogP contribution is -2.20. The van der Waals surface area contributed by atoms with Crippen LogP contribution in [0.1, 0.15) is 42.5 Å². The third-order valence-electron chi connectivity index (χ3n) is 3.39. The van der Waals surface area contributed by atoms with Gasteiger partial charge >= 0.3 is 0 Å². The van der Waals surface area contributed by atoms with E-state index < -0.39 is 0 Å². The number of benzene rings is 1. The Hall–Kier alpha value is -0.820. The maximum absolute atomic E-state index is 6.27. The van der Waals surface area contributed by atoms with Gasteiger partial charge in [-0.15, -0.1) is 0 Å². The predicted molar refractivity (Wildman–Crippen MR) is 60.2 cm³/mol. The van der Waals surface area contributed by atoms with Gasteiger partial charge in [-0.05, 0) is 37.7 Å². The van der Waals surface area contributed by atoms with Crippen LogP contribution in [0, 0.1) is 19.3 Å². The average molecular weight is 189 g/mol. The van der Waals surface area contributed by atoms with Gasteiger partial charge in [-0.2, -0.15) is 0 Å². The molecule has 2 rings (SSSR count). The van der Waals surface area contributed by atoms with E-state index in [4.69, 9.17) is 5.73 Å². The number of hydrogen-bond acceptors (Lipinski definition) is 1.